The zero-order valence-corrected chi connectivity index (χ0v) is 17.1. The molecule has 0 radical (unpaired) electrons. The van der Waals surface area contributed by atoms with Gasteiger partial charge in [-0.1, -0.05) is 0 Å². The molecule has 0 saturated carbocycles. The number of benzene rings is 1. The molecule has 1 amide bonds. The molecule has 1 fully saturated rings. The van der Waals surface area contributed by atoms with Gasteiger partial charge in [-0.25, -0.2) is 0 Å². The van der Waals surface area contributed by atoms with E-state index < -0.39 is 0 Å². The van der Waals surface area contributed by atoms with Crippen LogP contribution in [0.5, 0.6) is 17.2 Å². The van der Waals surface area contributed by atoms with Gasteiger partial charge in [-0.3, -0.25) is 9.59 Å². The number of esters is 1. The molecule has 28 heavy (non-hydrogen) atoms. The molecule has 8 nitrogen and oxygen atoms in total. The highest BCUT2D eigenvalue weighted by Crippen LogP contribution is 2.34. The average Bonchev–Trinajstić information content (AvgIpc) is 2.72. The summed E-state index contributed by atoms with van der Waals surface area (Å²) in [5, 5.41) is 2.94. The van der Waals surface area contributed by atoms with E-state index in [4.69, 9.17) is 18.9 Å². The Bertz CT molecular complexity index is 671. The normalized spacial score (nSPS) is 18.9. The first-order chi connectivity index (χ1) is 13.5. The van der Waals surface area contributed by atoms with Gasteiger partial charge >= 0.3 is 5.97 Å². The van der Waals surface area contributed by atoms with Gasteiger partial charge in [0.2, 0.25) is 0 Å². The second-order valence-corrected chi connectivity index (χ2v) is 6.75. The summed E-state index contributed by atoms with van der Waals surface area (Å²) in [4.78, 5) is 25.3. The van der Waals surface area contributed by atoms with Crippen molar-refractivity contribution in [2.45, 2.75) is 26.3 Å². The van der Waals surface area contributed by atoms with E-state index in [0.29, 0.717) is 36.9 Å². The molecule has 2 N–H and O–H groups in total. The molecule has 2 rings (SSSR count). The third kappa shape index (κ3) is 5.76. The monoisotopic (exact) mass is 395 g/mol. The Labute approximate surface area is 166 Å². The van der Waals surface area contributed by atoms with E-state index in [1.807, 2.05) is 6.92 Å². The maximum Gasteiger partial charge on any atom is 0.309 e. The van der Waals surface area contributed by atoms with Crippen molar-refractivity contribution in [2.75, 3.05) is 47.6 Å². The molecule has 156 valence electrons. The van der Waals surface area contributed by atoms with Gasteiger partial charge in [-0.05, 0) is 13.0 Å². The predicted molar refractivity (Wildman–Crippen MR) is 103 cm³/mol. The first-order valence-electron chi connectivity index (χ1n) is 9.58. The molecule has 0 atom stereocenters. The topological polar surface area (TPSA) is 87.5 Å². The Balaban J connectivity index is 1.85. The molecule has 0 unspecified atom stereocenters. The van der Waals surface area contributed by atoms with Gasteiger partial charge in [-0.15, -0.1) is 0 Å². The minimum atomic E-state index is -0.119. The number of nitrogens with one attached hydrogen (secondary N) is 2. The van der Waals surface area contributed by atoms with Crippen LogP contribution in [0, 0.1) is 5.92 Å². The van der Waals surface area contributed by atoms with Crippen molar-refractivity contribution >= 4 is 11.9 Å². The Hall–Kier alpha value is -2.48. The number of hydrogen-bond donors (Lipinski definition) is 2. The summed E-state index contributed by atoms with van der Waals surface area (Å²) in [5.74, 6) is 1.58. The smallest absolute Gasteiger partial charge is 0.309 e. The maximum atomic E-state index is 12.4. The zero-order chi connectivity index (χ0) is 20.5. The van der Waals surface area contributed by atoms with E-state index >= 15 is 0 Å². The fourth-order valence-corrected chi connectivity index (χ4v) is 3.41. The van der Waals surface area contributed by atoms with Crippen LogP contribution in [-0.4, -0.2) is 59.4 Å². The van der Waals surface area contributed by atoms with Gasteiger partial charge < -0.3 is 29.2 Å². The summed E-state index contributed by atoms with van der Waals surface area (Å²) in [5.41, 5.74) is 0.810. The van der Waals surface area contributed by atoms with Crippen molar-refractivity contribution in [3.8, 4) is 17.2 Å². The van der Waals surface area contributed by atoms with E-state index in [9.17, 15) is 9.59 Å². The number of hydrogen-bond acceptors (Lipinski definition) is 6. The third-order valence-electron chi connectivity index (χ3n) is 4.99. The molecule has 8 heteroatoms. The van der Waals surface area contributed by atoms with Crippen LogP contribution in [-0.2, 0) is 20.9 Å². The van der Waals surface area contributed by atoms with Gasteiger partial charge in [0, 0.05) is 31.0 Å². The summed E-state index contributed by atoms with van der Waals surface area (Å²) < 4.78 is 21.1. The van der Waals surface area contributed by atoms with Crippen LogP contribution in [0.3, 0.4) is 0 Å². The van der Waals surface area contributed by atoms with E-state index in [1.54, 1.807) is 33.5 Å². The molecule has 0 aromatic heterocycles. The van der Waals surface area contributed by atoms with Crippen LogP contribution in [0.15, 0.2) is 12.1 Å². The number of carbonyl (C=O) groups is 2. The van der Waals surface area contributed by atoms with Crippen molar-refractivity contribution in [3.63, 3.8) is 0 Å². The third-order valence-corrected chi connectivity index (χ3v) is 4.99. The average molecular weight is 395 g/mol. The molecule has 1 saturated heterocycles. The number of methoxy groups -OCH3 is 3. The van der Waals surface area contributed by atoms with Crippen molar-refractivity contribution in [1.29, 1.82) is 0 Å². The second-order valence-electron chi connectivity index (χ2n) is 6.75. The van der Waals surface area contributed by atoms with Crippen LogP contribution in [0.25, 0.3) is 0 Å². The Kier molecular flexibility index (Phi) is 8.38. The van der Waals surface area contributed by atoms with Gasteiger partial charge in [0.15, 0.2) is 18.0 Å². The molecule has 1 aliphatic heterocycles. The Morgan fingerprint density at radius 2 is 1.64 bits per heavy atom. The minimum absolute atomic E-state index is 0.0391. The van der Waals surface area contributed by atoms with Crippen molar-refractivity contribution < 1.29 is 33.4 Å². The summed E-state index contributed by atoms with van der Waals surface area (Å²) in [6.07, 6.45) is 1.51. The first kappa shape index (κ1) is 21.8. The fraction of sp³-hybridized carbons (Fsp3) is 0.600. The molecule has 1 heterocycles. The second kappa shape index (κ2) is 10.8. The van der Waals surface area contributed by atoms with Crippen molar-refractivity contribution in [3.05, 3.63) is 17.7 Å². The van der Waals surface area contributed by atoms with Gasteiger partial charge in [-0.2, -0.15) is 0 Å². The van der Waals surface area contributed by atoms with Crippen LogP contribution in [0.1, 0.15) is 25.3 Å². The van der Waals surface area contributed by atoms with Gasteiger partial charge in [0.1, 0.15) is 5.75 Å². The lowest BCUT2D eigenvalue weighted by molar-refractivity contribution is -0.897. The number of rotatable bonds is 9. The standard InChI is InChI=1S/C20H30N2O6/c1-5-28-20(24)14-6-8-22(9-7-14)13-19(23)21-12-15-10-17(26-3)18(27-4)11-16(15)25-2/h10-11,14H,5-9,12-13H2,1-4H3,(H,21,23)/p+1. The van der Waals surface area contributed by atoms with Crippen molar-refractivity contribution in [2.24, 2.45) is 5.92 Å². The lowest BCUT2D eigenvalue weighted by Gasteiger charge is -2.27. The van der Waals surface area contributed by atoms with Crippen LogP contribution >= 0.6 is 0 Å². The van der Waals surface area contributed by atoms with E-state index in [-0.39, 0.29) is 17.8 Å². The number of amides is 1. The Morgan fingerprint density at radius 3 is 2.21 bits per heavy atom. The predicted octanol–water partition coefficient (Wildman–Crippen LogP) is 0.187. The number of piperidine rings is 1. The van der Waals surface area contributed by atoms with E-state index in [0.717, 1.165) is 31.5 Å². The number of likely N-dealkylation sites (tertiary alicyclic amines) is 1. The first-order valence-corrected chi connectivity index (χ1v) is 9.58. The molecular formula is C20H31N2O6+. The number of ether oxygens (including phenoxy) is 4. The van der Waals surface area contributed by atoms with E-state index in [1.165, 1.54) is 4.90 Å². The zero-order valence-electron chi connectivity index (χ0n) is 17.1. The SMILES string of the molecule is CCOC(=O)C1CC[NH+](CC(=O)NCc2cc(OC)c(OC)cc2OC)CC1. The highest BCUT2D eigenvalue weighted by Gasteiger charge is 2.29. The highest BCUT2D eigenvalue weighted by molar-refractivity contribution is 5.77. The maximum absolute atomic E-state index is 12.4. The molecular weight excluding hydrogens is 364 g/mol. The molecule has 0 aliphatic carbocycles. The Morgan fingerprint density at radius 1 is 1.04 bits per heavy atom. The fourth-order valence-electron chi connectivity index (χ4n) is 3.41. The molecule has 0 spiro atoms. The number of quaternary nitrogens is 1. The molecule has 1 aromatic rings. The number of carbonyl (C=O) groups excluding carboxylic acids is 2. The van der Waals surface area contributed by atoms with Gasteiger partial charge in [0.25, 0.3) is 5.91 Å². The highest BCUT2D eigenvalue weighted by atomic mass is 16.5. The van der Waals surface area contributed by atoms with Gasteiger partial charge in [0.05, 0.1) is 46.9 Å². The summed E-state index contributed by atoms with van der Waals surface area (Å²) >= 11 is 0. The molecule has 1 aromatic carbocycles. The van der Waals surface area contributed by atoms with Crippen molar-refractivity contribution in [1.82, 2.24) is 5.32 Å². The molecule has 1 aliphatic rings. The summed E-state index contributed by atoms with van der Waals surface area (Å²) in [6.45, 7) is 4.52. The lowest BCUT2D eigenvalue weighted by atomic mass is 9.97. The molecule has 0 bridgehead atoms. The lowest BCUT2D eigenvalue weighted by Crippen LogP contribution is -3.14. The quantitative estimate of drug-likeness (QED) is 0.581. The summed E-state index contributed by atoms with van der Waals surface area (Å²) in [7, 11) is 4.70. The van der Waals surface area contributed by atoms with E-state index in [2.05, 4.69) is 5.32 Å². The van der Waals surface area contributed by atoms with Crippen LogP contribution < -0.4 is 24.4 Å². The van der Waals surface area contributed by atoms with Crippen LogP contribution in [0.4, 0.5) is 0 Å². The largest absolute Gasteiger partial charge is 0.496 e. The van der Waals surface area contributed by atoms with Crippen LogP contribution in [0.2, 0.25) is 0 Å². The minimum Gasteiger partial charge on any atom is -0.496 e. The summed E-state index contributed by atoms with van der Waals surface area (Å²) in [6, 6.07) is 3.54.